The van der Waals surface area contributed by atoms with Gasteiger partial charge in [0.1, 0.15) is 12.3 Å². The zero-order valence-corrected chi connectivity index (χ0v) is 23.3. The number of hydrogen-bond acceptors (Lipinski definition) is 6. The molecule has 3 rings (SSSR count). The van der Waals surface area contributed by atoms with Gasteiger partial charge in [-0.2, -0.15) is 5.10 Å². The normalized spacial score (nSPS) is 15.3. The maximum atomic E-state index is 11.9. The second-order valence-corrected chi connectivity index (χ2v) is 17.3. The lowest BCUT2D eigenvalue weighted by Crippen LogP contribution is -2.40. The number of nitrogens with zero attached hydrogens (tertiary/aromatic N) is 3. The molecule has 2 aromatic rings. The van der Waals surface area contributed by atoms with E-state index in [4.69, 9.17) is 15.2 Å². The Morgan fingerprint density at radius 1 is 1.20 bits per heavy atom. The molecule has 1 aromatic heterocycles. The molecule has 0 radical (unpaired) electrons. The fourth-order valence-electron chi connectivity index (χ4n) is 4.06. The summed E-state index contributed by atoms with van der Waals surface area (Å²) >= 11 is 0. The molecule has 0 spiro atoms. The number of benzene rings is 1. The maximum absolute atomic E-state index is 11.9. The third-order valence-corrected chi connectivity index (χ3v) is 7.81. The van der Waals surface area contributed by atoms with Crippen molar-refractivity contribution in [1.29, 1.82) is 0 Å². The minimum atomic E-state index is -1.08. The minimum absolute atomic E-state index is 0.346. The zero-order valence-electron chi connectivity index (χ0n) is 22.3. The molecule has 2 heterocycles. The van der Waals surface area contributed by atoms with Gasteiger partial charge in [-0.3, -0.25) is 0 Å². The van der Waals surface area contributed by atoms with Crippen molar-refractivity contribution in [3.63, 3.8) is 0 Å². The number of hydrogen-bond donors (Lipinski definition) is 2. The van der Waals surface area contributed by atoms with Gasteiger partial charge in [0.2, 0.25) is 0 Å². The lowest BCUT2D eigenvalue weighted by atomic mass is 9.96. The number of amides is 1. The lowest BCUT2D eigenvalue weighted by molar-refractivity contribution is 0.0517. The number of nitrogens with one attached hydrogen (secondary N) is 1. The van der Waals surface area contributed by atoms with Gasteiger partial charge in [-0.1, -0.05) is 25.7 Å². The van der Waals surface area contributed by atoms with Crippen molar-refractivity contribution in [2.75, 3.05) is 36.9 Å². The van der Waals surface area contributed by atoms with E-state index in [1.165, 1.54) is 0 Å². The molecule has 0 saturated carbocycles. The molecule has 9 heteroatoms. The zero-order chi connectivity index (χ0) is 25.6. The maximum Gasteiger partial charge on any atom is 0.407 e. The first-order valence-corrected chi connectivity index (χ1v) is 16.3. The summed E-state index contributed by atoms with van der Waals surface area (Å²) in [6.07, 6.45) is 5.52. The average molecular weight is 502 g/mol. The lowest BCUT2D eigenvalue weighted by Gasteiger charge is -2.34. The van der Waals surface area contributed by atoms with Crippen molar-refractivity contribution >= 4 is 25.5 Å². The monoisotopic (exact) mass is 501 g/mol. The SMILES string of the molecule is CC(C)(C)OC(=O)NCC1CCN(c2ccc(-c3cnn(COCC[Si](C)(C)C)c3)cc2N)CC1. The Balaban J connectivity index is 1.49. The number of ether oxygens (including phenoxy) is 2. The highest BCUT2D eigenvalue weighted by atomic mass is 28.3. The molecular weight excluding hydrogens is 458 g/mol. The van der Waals surface area contributed by atoms with E-state index in [0.29, 0.717) is 19.2 Å². The molecule has 1 fully saturated rings. The predicted octanol–water partition coefficient (Wildman–Crippen LogP) is 5.19. The fraction of sp³-hybridized carbons (Fsp3) is 0.615. The summed E-state index contributed by atoms with van der Waals surface area (Å²) in [5.74, 6) is 0.443. The van der Waals surface area contributed by atoms with E-state index in [0.717, 1.165) is 61.1 Å². The third kappa shape index (κ3) is 8.89. The first-order chi connectivity index (χ1) is 16.4. The largest absolute Gasteiger partial charge is 0.444 e. The highest BCUT2D eigenvalue weighted by Gasteiger charge is 2.23. The van der Waals surface area contributed by atoms with Crippen LogP contribution in [0.3, 0.4) is 0 Å². The molecule has 1 amide bonds. The first kappa shape index (κ1) is 27.1. The molecule has 1 aliphatic rings. The van der Waals surface area contributed by atoms with E-state index in [9.17, 15) is 4.79 Å². The van der Waals surface area contributed by atoms with Crippen LogP contribution in [0.4, 0.5) is 16.2 Å². The van der Waals surface area contributed by atoms with Crippen molar-refractivity contribution in [3.05, 3.63) is 30.6 Å². The highest BCUT2D eigenvalue weighted by Crippen LogP contribution is 2.32. The molecule has 1 saturated heterocycles. The molecular formula is C26H43N5O3Si. The Bertz CT molecular complexity index is 972. The summed E-state index contributed by atoms with van der Waals surface area (Å²) in [6, 6.07) is 7.39. The second-order valence-electron chi connectivity index (χ2n) is 11.7. The molecule has 1 aromatic carbocycles. The van der Waals surface area contributed by atoms with Crippen LogP contribution in [-0.2, 0) is 16.2 Å². The van der Waals surface area contributed by atoms with E-state index in [-0.39, 0.29) is 6.09 Å². The fourth-order valence-corrected chi connectivity index (χ4v) is 4.82. The van der Waals surface area contributed by atoms with Crippen LogP contribution < -0.4 is 16.0 Å². The van der Waals surface area contributed by atoms with Gasteiger partial charge in [-0.15, -0.1) is 0 Å². The Morgan fingerprint density at radius 3 is 2.54 bits per heavy atom. The van der Waals surface area contributed by atoms with Crippen LogP contribution in [-0.4, -0.2) is 55.8 Å². The van der Waals surface area contributed by atoms with Crippen LogP contribution >= 0.6 is 0 Å². The van der Waals surface area contributed by atoms with Crippen molar-refractivity contribution < 1.29 is 14.3 Å². The van der Waals surface area contributed by atoms with Crippen LogP contribution in [0.25, 0.3) is 11.1 Å². The second kappa shape index (κ2) is 11.5. The molecule has 194 valence electrons. The Morgan fingerprint density at radius 2 is 1.91 bits per heavy atom. The number of aromatic nitrogens is 2. The number of nitrogens with two attached hydrogens (primary N) is 1. The summed E-state index contributed by atoms with van der Waals surface area (Å²) in [7, 11) is -1.08. The number of carbonyl (C=O) groups excluding carboxylic acids is 1. The van der Waals surface area contributed by atoms with Crippen LogP contribution in [0.1, 0.15) is 33.6 Å². The smallest absolute Gasteiger partial charge is 0.407 e. The van der Waals surface area contributed by atoms with E-state index >= 15 is 0 Å². The van der Waals surface area contributed by atoms with Crippen molar-refractivity contribution in [2.45, 2.75) is 71.6 Å². The summed E-state index contributed by atoms with van der Waals surface area (Å²) in [5, 5.41) is 7.34. The molecule has 1 aliphatic heterocycles. The number of carbonyl (C=O) groups is 1. The molecule has 0 unspecified atom stereocenters. The molecule has 35 heavy (non-hydrogen) atoms. The van der Waals surface area contributed by atoms with Crippen LogP contribution in [0.5, 0.6) is 0 Å². The number of rotatable bonds is 9. The van der Waals surface area contributed by atoms with Crippen LogP contribution in [0.15, 0.2) is 30.6 Å². The summed E-state index contributed by atoms with van der Waals surface area (Å²) in [6.45, 7) is 16.4. The van der Waals surface area contributed by atoms with Gasteiger partial charge in [0.05, 0.1) is 17.6 Å². The highest BCUT2D eigenvalue weighted by molar-refractivity contribution is 6.76. The van der Waals surface area contributed by atoms with Gasteiger partial charge in [0, 0.05) is 46.1 Å². The Labute approximate surface area is 211 Å². The average Bonchev–Trinajstić information content (AvgIpc) is 3.23. The Hall–Kier alpha value is -2.52. The predicted molar refractivity (Wildman–Crippen MR) is 145 cm³/mol. The minimum Gasteiger partial charge on any atom is -0.444 e. The summed E-state index contributed by atoms with van der Waals surface area (Å²) in [4.78, 5) is 14.2. The van der Waals surface area contributed by atoms with E-state index in [1.807, 2.05) is 43.9 Å². The molecule has 0 aliphatic carbocycles. The van der Waals surface area contributed by atoms with Gasteiger partial charge in [-0.25, -0.2) is 9.48 Å². The van der Waals surface area contributed by atoms with Gasteiger partial charge in [-0.05, 0) is 63.3 Å². The van der Waals surface area contributed by atoms with Crippen molar-refractivity contribution in [3.8, 4) is 11.1 Å². The summed E-state index contributed by atoms with van der Waals surface area (Å²) < 4.78 is 13.0. The quantitative estimate of drug-likeness (QED) is 0.279. The van der Waals surface area contributed by atoms with Crippen LogP contribution in [0.2, 0.25) is 25.7 Å². The third-order valence-electron chi connectivity index (χ3n) is 6.10. The van der Waals surface area contributed by atoms with Gasteiger partial charge >= 0.3 is 6.09 Å². The molecule has 0 bridgehead atoms. The van der Waals surface area contributed by atoms with E-state index in [1.54, 1.807) is 0 Å². The molecule has 0 atom stereocenters. The molecule has 8 nitrogen and oxygen atoms in total. The summed E-state index contributed by atoms with van der Waals surface area (Å²) in [5.41, 5.74) is 9.91. The van der Waals surface area contributed by atoms with Crippen molar-refractivity contribution in [1.82, 2.24) is 15.1 Å². The van der Waals surface area contributed by atoms with Gasteiger partial charge in [0.25, 0.3) is 0 Å². The topological polar surface area (TPSA) is 94.6 Å². The van der Waals surface area contributed by atoms with Gasteiger partial charge < -0.3 is 25.4 Å². The molecule has 3 N–H and O–H groups in total. The van der Waals surface area contributed by atoms with Crippen molar-refractivity contribution in [2.24, 2.45) is 5.92 Å². The first-order valence-electron chi connectivity index (χ1n) is 12.6. The van der Waals surface area contributed by atoms with E-state index < -0.39 is 13.7 Å². The number of alkyl carbamates (subject to hydrolysis) is 1. The van der Waals surface area contributed by atoms with E-state index in [2.05, 4.69) is 47.1 Å². The van der Waals surface area contributed by atoms with Gasteiger partial charge in [0.15, 0.2) is 0 Å². The number of anilines is 2. The van der Waals surface area contributed by atoms with Crippen LogP contribution in [0, 0.1) is 5.92 Å². The number of piperidine rings is 1. The number of nitrogen functional groups attached to an aromatic ring is 1. The Kier molecular flexibility index (Phi) is 8.88. The standard InChI is InChI=1S/C26H43N5O3Si/c1-26(2,3)34-25(32)28-16-20-9-11-30(12-10-20)24-8-7-21(15-23(24)27)22-17-29-31(18-22)19-33-13-14-35(4,5)6/h7-8,15,17-18,20H,9-14,16,19,27H2,1-6H3,(H,28,32).